The molecule has 0 aliphatic carbocycles. The fourth-order valence-corrected chi connectivity index (χ4v) is 4.34. The van der Waals surface area contributed by atoms with Gasteiger partial charge in [-0.1, -0.05) is 18.2 Å². The van der Waals surface area contributed by atoms with Gasteiger partial charge < -0.3 is 14.8 Å². The number of ether oxygens (including phenoxy) is 2. The van der Waals surface area contributed by atoms with E-state index in [9.17, 15) is 4.79 Å². The van der Waals surface area contributed by atoms with Crippen LogP contribution in [0.2, 0.25) is 0 Å². The van der Waals surface area contributed by atoms with Crippen molar-refractivity contribution in [3.63, 3.8) is 0 Å². The largest absolute Gasteiger partial charge is 0.496 e. The Morgan fingerprint density at radius 1 is 1.40 bits per heavy atom. The number of para-hydroxylation sites is 1. The molecular formula is C19H24N2O3S. The number of amides is 1. The van der Waals surface area contributed by atoms with Gasteiger partial charge in [0.1, 0.15) is 5.75 Å². The molecule has 1 saturated heterocycles. The third-order valence-electron chi connectivity index (χ3n) is 4.69. The van der Waals surface area contributed by atoms with Crippen LogP contribution < -0.4 is 10.1 Å². The lowest BCUT2D eigenvalue weighted by atomic mass is 9.67. The van der Waals surface area contributed by atoms with Crippen LogP contribution >= 0.6 is 11.3 Å². The van der Waals surface area contributed by atoms with Crippen molar-refractivity contribution in [3.8, 4) is 5.75 Å². The van der Waals surface area contributed by atoms with E-state index in [1.54, 1.807) is 13.3 Å². The first-order chi connectivity index (χ1) is 11.9. The van der Waals surface area contributed by atoms with Crippen LogP contribution in [-0.4, -0.2) is 30.2 Å². The Kier molecular flexibility index (Phi) is 5.11. The Hall–Kier alpha value is -1.92. The Morgan fingerprint density at radius 3 is 2.88 bits per heavy atom. The molecule has 5 nitrogen and oxygen atoms in total. The molecule has 1 aromatic heterocycles. The second-order valence-electron chi connectivity index (χ2n) is 7.08. The van der Waals surface area contributed by atoms with Gasteiger partial charge in [-0.05, 0) is 32.8 Å². The van der Waals surface area contributed by atoms with Gasteiger partial charge in [-0.15, -0.1) is 11.3 Å². The van der Waals surface area contributed by atoms with E-state index in [2.05, 4.69) is 30.2 Å². The molecular weight excluding hydrogens is 336 g/mol. The number of nitrogens with zero attached hydrogens (tertiary/aromatic N) is 1. The molecule has 1 fully saturated rings. The average Bonchev–Trinajstić information content (AvgIpc) is 3.06. The van der Waals surface area contributed by atoms with E-state index in [-0.39, 0.29) is 16.9 Å². The number of nitrogens with one attached hydrogen (secondary N) is 1. The van der Waals surface area contributed by atoms with Gasteiger partial charge in [0.2, 0.25) is 5.91 Å². The van der Waals surface area contributed by atoms with Crippen LogP contribution in [0.15, 0.2) is 35.8 Å². The highest BCUT2D eigenvalue weighted by Crippen LogP contribution is 2.47. The van der Waals surface area contributed by atoms with Gasteiger partial charge in [0, 0.05) is 35.6 Å². The van der Waals surface area contributed by atoms with E-state index in [0.29, 0.717) is 18.2 Å². The number of rotatable bonds is 5. The van der Waals surface area contributed by atoms with Crippen molar-refractivity contribution < 1.29 is 14.3 Å². The lowest BCUT2D eigenvalue weighted by molar-refractivity contribution is -0.122. The smallest absolute Gasteiger partial charge is 0.227 e. The maximum atomic E-state index is 12.7. The van der Waals surface area contributed by atoms with Gasteiger partial charge >= 0.3 is 0 Å². The number of thiazole rings is 1. The number of aromatic nitrogens is 1. The van der Waals surface area contributed by atoms with Crippen molar-refractivity contribution in [2.45, 2.75) is 44.1 Å². The minimum atomic E-state index is -0.324. The fourth-order valence-electron chi connectivity index (χ4n) is 3.79. The maximum absolute atomic E-state index is 12.7. The minimum absolute atomic E-state index is 0.0291. The lowest BCUT2D eigenvalue weighted by Gasteiger charge is -2.45. The lowest BCUT2D eigenvalue weighted by Crippen LogP contribution is -2.46. The summed E-state index contributed by atoms with van der Waals surface area (Å²) >= 11 is 1.42. The average molecular weight is 360 g/mol. The summed E-state index contributed by atoms with van der Waals surface area (Å²) in [5.41, 5.74) is 0.458. The van der Waals surface area contributed by atoms with Gasteiger partial charge in [-0.3, -0.25) is 4.79 Å². The second kappa shape index (κ2) is 7.14. The second-order valence-corrected chi connectivity index (χ2v) is 7.97. The number of carbonyl (C=O) groups excluding carboxylic acids is 1. The van der Waals surface area contributed by atoms with Gasteiger partial charge in [0.15, 0.2) is 5.13 Å². The zero-order valence-electron chi connectivity index (χ0n) is 14.9. The van der Waals surface area contributed by atoms with Crippen LogP contribution in [0, 0.1) is 0 Å². The van der Waals surface area contributed by atoms with E-state index >= 15 is 0 Å². The third kappa shape index (κ3) is 4.02. The molecule has 6 heteroatoms. The number of hydrogen-bond donors (Lipinski definition) is 1. The van der Waals surface area contributed by atoms with Gasteiger partial charge in [-0.25, -0.2) is 4.98 Å². The summed E-state index contributed by atoms with van der Waals surface area (Å²) in [4.78, 5) is 16.9. The van der Waals surface area contributed by atoms with Crippen LogP contribution in [0.1, 0.15) is 38.7 Å². The summed E-state index contributed by atoms with van der Waals surface area (Å²) in [6.45, 7) is 4.78. The van der Waals surface area contributed by atoms with Crippen LogP contribution in [0.25, 0.3) is 0 Å². The summed E-state index contributed by atoms with van der Waals surface area (Å²) < 4.78 is 11.5. The van der Waals surface area contributed by atoms with E-state index in [1.165, 1.54) is 11.3 Å². The van der Waals surface area contributed by atoms with Crippen molar-refractivity contribution >= 4 is 22.4 Å². The van der Waals surface area contributed by atoms with E-state index in [1.807, 2.05) is 23.6 Å². The highest BCUT2D eigenvalue weighted by Gasteiger charge is 2.45. The molecule has 1 N–H and O–H groups in total. The Bertz CT molecular complexity index is 730. The minimum Gasteiger partial charge on any atom is -0.496 e. The van der Waals surface area contributed by atoms with Crippen LogP contribution in [0.3, 0.4) is 0 Å². The molecule has 0 bridgehead atoms. The van der Waals surface area contributed by atoms with Crippen molar-refractivity contribution in [1.82, 2.24) is 4.98 Å². The molecule has 0 unspecified atom stereocenters. The highest BCUT2D eigenvalue weighted by atomic mass is 32.1. The molecule has 25 heavy (non-hydrogen) atoms. The van der Waals surface area contributed by atoms with E-state index in [0.717, 1.165) is 24.2 Å². The third-order valence-corrected chi connectivity index (χ3v) is 5.38. The Labute approximate surface area is 152 Å². The number of anilines is 1. The monoisotopic (exact) mass is 360 g/mol. The summed E-state index contributed by atoms with van der Waals surface area (Å²) in [6.07, 6.45) is 3.60. The maximum Gasteiger partial charge on any atom is 0.227 e. The summed E-state index contributed by atoms with van der Waals surface area (Å²) in [5, 5.41) is 5.40. The molecule has 2 heterocycles. The molecule has 0 saturated carbocycles. The number of carbonyl (C=O) groups is 1. The predicted octanol–water partition coefficient (Wildman–Crippen LogP) is 4.01. The van der Waals surface area contributed by atoms with Gasteiger partial charge in [0.05, 0.1) is 12.7 Å². The molecule has 0 radical (unpaired) electrons. The van der Waals surface area contributed by atoms with Crippen molar-refractivity contribution in [3.05, 3.63) is 41.4 Å². The fraction of sp³-hybridized carbons (Fsp3) is 0.474. The SMILES string of the molecule is COc1ccccc1[C@]1(CC(=O)Nc2nccs2)CCOC(C)(C)C1. The molecule has 1 aliphatic rings. The zero-order chi connectivity index (χ0) is 17.9. The molecule has 0 spiro atoms. The van der Waals surface area contributed by atoms with Crippen molar-refractivity contribution in [1.29, 1.82) is 0 Å². The molecule has 134 valence electrons. The first-order valence-electron chi connectivity index (χ1n) is 8.41. The molecule has 2 aromatic rings. The Balaban J connectivity index is 1.93. The molecule has 1 aliphatic heterocycles. The number of benzene rings is 1. The van der Waals surface area contributed by atoms with Crippen LogP contribution in [-0.2, 0) is 14.9 Å². The number of methoxy groups -OCH3 is 1. The molecule has 1 aromatic carbocycles. The zero-order valence-corrected chi connectivity index (χ0v) is 15.7. The van der Waals surface area contributed by atoms with E-state index in [4.69, 9.17) is 9.47 Å². The number of hydrogen-bond acceptors (Lipinski definition) is 5. The van der Waals surface area contributed by atoms with Gasteiger partial charge in [0.25, 0.3) is 0 Å². The molecule has 3 rings (SSSR count). The normalized spacial score (nSPS) is 22.4. The first kappa shape index (κ1) is 17.9. The van der Waals surface area contributed by atoms with Crippen LogP contribution in [0.5, 0.6) is 5.75 Å². The quantitative estimate of drug-likeness (QED) is 0.875. The van der Waals surface area contributed by atoms with Gasteiger partial charge in [-0.2, -0.15) is 0 Å². The summed E-state index contributed by atoms with van der Waals surface area (Å²) in [6, 6.07) is 7.98. The Morgan fingerprint density at radius 2 is 2.20 bits per heavy atom. The van der Waals surface area contributed by atoms with Crippen molar-refractivity contribution in [2.75, 3.05) is 19.0 Å². The highest BCUT2D eigenvalue weighted by molar-refractivity contribution is 7.13. The van der Waals surface area contributed by atoms with E-state index < -0.39 is 0 Å². The van der Waals surface area contributed by atoms with Crippen LogP contribution in [0.4, 0.5) is 5.13 Å². The topological polar surface area (TPSA) is 60.5 Å². The molecule has 1 amide bonds. The van der Waals surface area contributed by atoms with Crippen molar-refractivity contribution in [2.24, 2.45) is 0 Å². The standard InChI is InChI=1S/C19H24N2O3S/c1-18(2)13-19(8-10-24-18,14-6-4-5-7-15(14)23-3)12-16(22)21-17-20-9-11-25-17/h4-7,9,11H,8,10,12-13H2,1-3H3,(H,20,21,22)/t19-/m0/s1. The predicted molar refractivity (Wildman–Crippen MR) is 99.3 cm³/mol. The first-order valence-corrected chi connectivity index (χ1v) is 9.29. The summed E-state index contributed by atoms with van der Waals surface area (Å²) in [5.74, 6) is 0.792. The molecule has 1 atom stereocenters. The summed E-state index contributed by atoms with van der Waals surface area (Å²) in [7, 11) is 1.67.